The van der Waals surface area contributed by atoms with Gasteiger partial charge in [-0.3, -0.25) is 0 Å². The van der Waals surface area contributed by atoms with Gasteiger partial charge >= 0.3 is 0 Å². The van der Waals surface area contributed by atoms with Gasteiger partial charge in [-0.15, -0.1) is 12.4 Å². The molecule has 1 saturated heterocycles. The van der Waals surface area contributed by atoms with Gasteiger partial charge in [0.1, 0.15) is 4.90 Å². The third kappa shape index (κ3) is 3.60. The first-order valence-corrected chi connectivity index (χ1v) is 7.69. The van der Waals surface area contributed by atoms with Crippen LogP contribution in [0.25, 0.3) is 0 Å². The summed E-state index contributed by atoms with van der Waals surface area (Å²) in [4.78, 5) is 4.17. The summed E-state index contributed by atoms with van der Waals surface area (Å²) in [6, 6.07) is 3.50. The number of aromatic nitrogens is 1. The Labute approximate surface area is 126 Å². The van der Waals surface area contributed by atoms with Crippen LogP contribution >= 0.6 is 12.4 Å². The van der Waals surface area contributed by atoms with Crippen LogP contribution in [-0.2, 0) is 10.0 Å². The van der Waals surface area contributed by atoms with Gasteiger partial charge in [0.15, 0.2) is 0 Å². The fraction of sp³-hybridized carbons (Fsp3) is 0.583. The molecule has 0 radical (unpaired) electrons. The van der Waals surface area contributed by atoms with Crippen molar-refractivity contribution in [2.75, 3.05) is 27.2 Å². The molecule has 114 valence electrons. The summed E-state index contributed by atoms with van der Waals surface area (Å²) in [7, 11) is -0.0271. The van der Waals surface area contributed by atoms with Crippen LogP contribution in [0.5, 0.6) is 5.88 Å². The minimum absolute atomic E-state index is 0. The van der Waals surface area contributed by atoms with Crippen molar-refractivity contribution in [3.05, 3.63) is 18.3 Å². The van der Waals surface area contributed by atoms with Crippen LogP contribution in [0, 0.1) is 0 Å². The van der Waals surface area contributed by atoms with E-state index < -0.39 is 10.0 Å². The molecule has 2 heterocycles. The fourth-order valence-electron chi connectivity index (χ4n) is 2.17. The molecule has 8 heteroatoms. The van der Waals surface area contributed by atoms with Crippen molar-refractivity contribution in [2.24, 2.45) is 0 Å². The lowest BCUT2D eigenvalue weighted by Gasteiger charge is -2.30. The zero-order valence-corrected chi connectivity index (χ0v) is 13.2. The predicted molar refractivity (Wildman–Crippen MR) is 78.9 cm³/mol. The zero-order chi connectivity index (χ0) is 13.9. The van der Waals surface area contributed by atoms with Crippen LogP contribution in [0.15, 0.2) is 23.2 Å². The molecule has 0 amide bonds. The number of hydrogen-bond acceptors (Lipinski definition) is 5. The summed E-state index contributed by atoms with van der Waals surface area (Å²) < 4.78 is 31.3. The molecule has 0 aromatic carbocycles. The van der Waals surface area contributed by atoms with Crippen LogP contribution in [0.1, 0.15) is 12.8 Å². The molecule has 0 saturated carbocycles. The van der Waals surface area contributed by atoms with Crippen molar-refractivity contribution in [2.45, 2.75) is 23.8 Å². The lowest BCUT2D eigenvalue weighted by Crippen LogP contribution is -2.43. The highest BCUT2D eigenvalue weighted by atomic mass is 35.5. The first kappa shape index (κ1) is 17.2. The maximum absolute atomic E-state index is 12.4. The van der Waals surface area contributed by atoms with Crippen molar-refractivity contribution < 1.29 is 13.2 Å². The maximum atomic E-state index is 12.4. The van der Waals surface area contributed by atoms with E-state index in [9.17, 15) is 8.42 Å². The molecule has 1 N–H and O–H groups in total. The number of rotatable bonds is 4. The third-order valence-electron chi connectivity index (χ3n) is 3.42. The molecule has 1 aromatic rings. The quantitative estimate of drug-likeness (QED) is 0.891. The van der Waals surface area contributed by atoms with Crippen LogP contribution in [0.3, 0.4) is 0 Å². The third-order valence-corrected chi connectivity index (χ3v) is 5.30. The summed E-state index contributed by atoms with van der Waals surface area (Å²) >= 11 is 0. The molecule has 0 spiro atoms. The van der Waals surface area contributed by atoms with Gasteiger partial charge in [0.2, 0.25) is 15.9 Å². The average molecular weight is 322 g/mol. The monoisotopic (exact) mass is 321 g/mol. The molecule has 0 aliphatic carbocycles. The number of piperidine rings is 1. The topological polar surface area (TPSA) is 71.5 Å². The number of sulfonamides is 1. The van der Waals surface area contributed by atoms with Crippen LogP contribution in [0.4, 0.5) is 0 Å². The first-order chi connectivity index (χ1) is 9.07. The number of pyridine rings is 1. The Balaban J connectivity index is 0.00000200. The molecular weight excluding hydrogens is 302 g/mol. The Hall–Kier alpha value is -0.890. The van der Waals surface area contributed by atoms with Gasteiger partial charge in [-0.05, 0) is 26.0 Å². The Morgan fingerprint density at radius 2 is 2.00 bits per heavy atom. The lowest BCUT2D eigenvalue weighted by atomic mass is 10.1. The highest BCUT2D eigenvalue weighted by molar-refractivity contribution is 7.89. The second kappa shape index (κ2) is 7.21. The Bertz CT molecular complexity index is 513. The molecule has 6 nitrogen and oxygen atoms in total. The number of nitrogens with zero attached hydrogens (tertiary/aromatic N) is 2. The largest absolute Gasteiger partial charge is 0.481 e. The number of methoxy groups -OCH3 is 1. The smallest absolute Gasteiger partial charge is 0.244 e. The number of nitrogens with one attached hydrogen (secondary N) is 1. The van der Waals surface area contributed by atoms with Gasteiger partial charge in [-0.1, -0.05) is 0 Å². The van der Waals surface area contributed by atoms with E-state index >= 15 is 0 Å². The normalized spacial score (nSPS) is 17.5. The lowest BCUT2D eigenvalue weighted by molar-refractivity contribution is 0.298. The van der Waals surface area contributed by atoms with E-state index in [1.807, 2.05) is 7.05 Å². The van der Waals surface area contributed by atoms with E-state index in [0.29, 0.717) is 25.0 Å². The van der Waals surface area contributed by atoms with Gasteiger partial charge in [0, 0.05) is 25.2 Å². The van der Waals surface area contributed by atoms with Gasteiger partial charge in [0.25, 0.3) is 0 Å². The van der Waals surface area contributed by atoms with Crippen LogP contribution in [-0.4, -0.2) is 51.0 Å². The van der Waals surface area contributed by atoms with Crippen molar-refractivity contribution >= 4 is 22.4 Å². The first-order valence-electron chi connectivity index (χ1n) is 6.25. The summed E-state index contributed by atoms with van der Waals surface area (Å²) in [6.45, 7) is 1.08. The Kier molecular flexibility index (Phi) is 6.19. The van der Waals surface area contributed by atoms with E-state index in [4.69, 9.17) is 4.74 Å². The summed E-state index contributed by atoms with van der Waals surface area (Å²) in [5, 5.41) is 3.18. The summed E-state index contributed by atoms with van der Waals surface area (Å²) in [6.07, 6.45) is 3.01. The van der Waals surface area contributed by atoms with E-state index in [0.717, 1.165) is 12.8 Å². The molecule has 1 fully saturated rings. The number of ether oxygens (including phenoxy) is 1. The van der Waals surface area contributed by atoms with Gasteiger partial charge in [0.05, 0.1) is 13.3 Å². The van der Waals surface area contributed by atoms with Crippen molar-refractivity contribution in [1.29, 1.82) is 0 Å². The van der Waals surface area contributed by atoms with Crippen molar-refractivity contribution in [3.63, 3.8) is 0 Å². The van der Waals surface area contributed by atoms with Crippen molar-refractivity contribution in [1.82, 2.24) is 14.6 Å². The zero-order valence-electron chi connectivity index (χ0n) is 11.6. The van der Waals surface area contributed by atoms with Crippen LogP contribution < -0.4 is 10.1 Å². The van der Waals surface area contributed by atoms with E-state index in [2.05, 4.69) is 10.3 Å². The summed E-state index contributed by atoms with van der Waals surface area (Å²) in [5.41, 5.74) is 0. The average Bonchev–Trinajstić information content (AvgIpc) is 2.47. The number of halogens is 1. The highest BCUT2D eigenvalue weighted by Crippen LogP contribution is 2.21. The fourth-order valence-corrected chi connectivity index (χ4v) is 3.59. The molecule has 20 heavy (non-hydrogen) atoms. The minimum Gasteiger partial charge on any atom is -0.481 e. The molecule has 1 aliphatic rings. The SMILES string of the molecule is CNC1CCN(S(=O)(=O)c2ccc(OC)nc2)CC1.Cl. The standard InChI is InChI=1S/C12H19N3O3S.ClH/c1-13-10-5-7-15(8-6-10)19(16,17)11-3-4-12(18-2)14-9-11;/h3-4,9-10,13H,5-8H2,1-2H3;1H. The Morgan fingerprint density at radius 3 is 2.45 bits per heavy atom. The molecule has 2 rings (SSSR count). The molecule has 0 atom stereocenters. The van der Waals surface area contributed by atoms with Gasteiger partial charge < -0.3 is 10.1 Å². The van der Waals surface area contributed by atoms with Gasteiger partial charge in [-0.2, -0.15) is 4.31 Å². The van der Waals surface area contributed by atoms with Crippen LogP contribution in [0.2, 0.25) is 0 Å². The Morgan fingerprint density at radius 1 is 1.35 bits per heavy atom. The highest BCUT2D eigenvalue weighted by Gasteiger charge is 2.29. The molecular formula is C12H20ClN3O3S. The number of hydrogen-bond donors (Lipinski definition) is 1. The van der Waals surface area contributed by atoms with E-state index in [-0.39, 0.29) is 17.3 Å². The second-order valence-electron chi connectivity index (χ2n) is 4.50. The molecule has 0 bridgehead atoms. The summed E-state index contributed by atoms with van der Waals surface area (Å²) in [5.74, 6) is 0.410. The van der Waals surface area contributed by atoms with Crippen molar-refractivity contribution in [3.8, 4) is 5.88 Å². The molecule has 0 unspecified atom stereocenters. The minimum atomic E-state index is -3.43. The van der Waals surface area contributed by atoms with E-state index in [1.54, 1.807) is 6.07 Å². The molecule has 1 aromatic heterocycles. The predicted octanol–water partition coefficient (Wildman–Crippen LogP) is 0.885. The van der Waals surface area contributed by atoms with Gasteiger partial charge in [-0.25, -0.2) is 13.4 Å². The second-order valence-corrected chi connectivity index (χ2v) is 6.44. The van der Waals surface area contributed by atoms with E-state index in [1.165, 1.54) is 23.7 Å². The molecule has 1 aliphatic heterocycles. The maximum Gasteiger partial charge on any atom is 0.244 e.